The van der Waals surface area contributed by atoms with E-state index in [9.17, 15) is 9.59 Å². The Labute approximate surface area is 121 Å². The highest BCUT2D eigenvalue weighted by Crippen LogP contribution is 2.20. The molecular weight excluding hydrogens is 288 g/mol. The molecule has 1 heterocycles. The van der Waals surface area contributed by atoms with Crippen molar-refractivity contribution in [2.45, 2.75) is 32.9 Å². The highest BCUT2D eigenvalue weighted by molar-refractivity contribution is 7.16. The predicted molar refractivity (Wildman–Crippen MR) is 75.6 cm³/mol. The Hall–Kier alpha value is -1.27. The van der Waals surface area contributed by atoms with Gasteiger partial charge in [0, 0.05) is 4.88 Å². The first-order valence-electron chi connectivity index (χ1n) is 5.90. The summed E-state index contributed by atoms with van der Waals surface area (Å²) in [6.45, 7) is 4.14. The van der Waals surface area contributed by atoms with E-state index in [1.165, 1.54) is 11.3 Å². The molecule has 0 saturated carbocycles. The van der Waals surface area contributed by atoms with Gasteiger partial charge >= 0.3 is 12.0 Å². The largest absolute Gasteiger partial charge is 0.480 e. The van der Waals surface area contributed by atoms with Crippen LogP contribution in [0.2, 0.25) is 4.34 Å². The number of carbonyl (C=O) groups is 2. The zero-order chi connectivity index (χ0) is 14.4. The Kier molecular flexibility index (Phi) is 6.11. The van der Waals surface area contributed by atoms with Crippen LogP contribution in [0, 0.1) is 5.92 Å². The van der Waals surface area contributed by atoms with Gasteiger partial charge in [0.15, 0.2) is 0 Å². The number of hydrogen-bond acceptors (Lipinski definition) is 3. The Bertz CT molecular complexity index is 448. The van der Waals surface area contributed by atoms with Crippen LogP contribution >= 0.6 is 22.9 Å². The van der Waals surface area contributed by atoms with E-state index in [0.717, 1.165) is 4.88 Å². The summed E-state index contributed by atoms with van der Waals surface area (Å²) in [5.41, 5.74) is 0. The van der Waals surface area contributed by atoms with Gasteiger partial charge in [-0.3, -0.25) is 0 Å². The lowest BCUT2D eigenvalue weighted by atomic mass is 10.0. The molecule has 19 heavy (non-hydrogen) atoms. The molecular formula is C12H17ClN2O3S. The summed E-state index contributed by atoms with van der Waals surface area (Å²) in [5.74, 6) is -0.833. The lowest BCUT2D eigenvalue weighted by Crippen LogP contribution is -2.46. The molecule has 2 amide bonds. The standard InChI is InChI=1S/C12H17ClN2O3S/c1-7(2)5-9(11(16)17)15-12(18)14-6-8-3-4-10(13)19-8/h3-4,7,9H,5-6H2,1-2H3,(H,16,17)(H2,14,15,18)/t9-/m1/s1. The highest BCUT2D eigenvalue weighted by Gasteiger charge is 2.20. The molecule has 0 aromatic carbocycles. The molecule has 1 aromatic rings. The number of aliphatic carboxylic acids is 1. The van der Waals surface area contributed by atoms with Crippen molar-refractivity contribution in [3.63, 3.8) is 0 Å². The van der Waals surface area contributed by atoms with Gasteiger partial charge in [-0.1, -0.05) is 25.4 Å². The number of carbonyl (C=O) groups excluding carboxylic acids is 1. The Morgan fingerprint density at radius 3 is 2.58 bits per heavy atom. The Morgan fingerprint density at radius 2 is 2.11 bits per heavy atom. The summed E-state index contributed by atoms with van der Waals surface area (Å²) in [5, 5.41) is 14.1. The van der Waals surface area contributed by atoms with E-state index < -0.39 is 18.0 Å². The molecule has 106 valence electrons. The highest BCUT2D eigenvalue weighted by atomic mass is 35.5. The van der Waals surface area contributed by atoms with Crippen LogP contribution in [0.25, 0.3) is 0 Å². The summed E-state index contributed by atoms with van der Waals surface area (Å²) in [6.07, 6.45) is 0.396. The van der Waals surface area contributed by atoms with Crippen molar-refractivity contribution in [1.82, 2.24) is 10.6 Å². The second-order valence-electron chi connectivity index (χ2n) is 4.55. The number of rotatable bonds is 6. The first-order chi connectivity index (χ1) is 8.88. The van der Waals surface area contributed by atoms with Gasteiger partial charge in [0.1, 0.15) is 6.04 Å². The van der Waals surface area contributed by atoms with E-state index in [1.54, 1.807) is 6.07 Å². The van der Waals surface area contributed by atoms with E-state index >= 15 is 0 Å². The molecule has 0 aliphatic carbocycles. The fourth-order valence-corrected chi connectivity index (χ4v) is 2.54. The number of halogens is 1. The summed E-state index contributed by atoms with van der Waals surface area (Å²) < 4.78 is 0.653. The summed E-state index contributed by atoms with van der Waals surface area (Å²) >= 11 is 7.14. The molecule has 0 radical (unpaired) electrons. The third-order valence-corrected chi connectivity index (χ3v) is 3.59. The number of thiophene rings is 1. The molecule has 0 saturated heterocycles. The molecule has 1 aromatic heterocycles. The number of carboxylic acid groups (broad SMARTS) is 1. The zero-order valence-corrected chi connectivity index (χ0v) is 12.3. The van der Waals surface area contributed by atoms with E-state index in [1.807, 2.05) is 19.9 Å². The van der Waals surface area contributed by atoms with Crippen molar-refractivity contribution >= 4 is 34.9 Å². The quantitative estimate of drug-likeness (QED) is 0.756. The summed E-state index contributed by atoms with van der Waals surface area (Å²) in [6, 6.07) is 2.21. The molecule has 7 heteroatoms. The topological polar surface area (TPSA) is 78.4 Å². The van der Waals surface area contributed by atoms with Crippen LogP contribution in [0.4, 0.5) is 4.79 Å². The van der Waals surface area contributed by atoms with Gasteiger partial charge in [-0.25, -0.2) is 9.59 Å². The summed E-state index contributed by atoms with van der Waals surface area (Å²) in [7, 11) is 0. The number of carboxylic acids is 1. The van der Waals surface area contributed by atoms with E-state index in [2.05, 4.69) is 10.6 Å². The SMILES string of the molecule is CC(C)C[C@@H](NC(=O)NCc1ccc(Cl)s1)C(=O)O. The maximum absolute atomic E-state index is 11.6. The van der Waals surface area contributed by atoms with Gasteiger partial charge in [0.05, 0.1) is 10.9 Å². The maximum atomic E-state index is 11.6. The molecule has 0 fully saturated rings. The Balaban J connectivity index is 2.42. The number of hydrogen-bond donors (Lipinski definition) is 3. The third kappa shape index (κ3) is 5.94. The van der Waals surface area contributed by atoms with Crippen LogP contribution < -0.4 is 10.6 Å². The van der Waals surface area contributed by atoms with Gasteiger partial charge in [0.2, 0.25) is 0 Å². The van der Waals surface area contributed by atoms with Gasteiger partial charge in [-0.05, 0) is 24.5 Å². The molecule has 0 spiro atoms. The zero-order valence-electron chi connectivity index (χ0n) is 10.8. The average molecular weight is 305 g/mol. The summed E-state index contributed by atoms with van der Waals surface area (Å²) in [4.78, 5) is 23.5. The number of urea groups is 1. The van der Waals surface area contributed by atoms with Crippen LogP contribution in [0.1, 0.15) is 25.1 Å². The van der Waals surface area contributed by atoms with Crippen molar-refractivity contribution in [2.24, 2.45) is 5.92 Å². The van der Waals surface area contributed by atoms with Crippen molar-refractivity contribution < 1.29 is 14.7 Å². The fourth-order valence-electron chi connectivity index (χ4n) is 1.52. The molecule has 0 aliphatic heterocycles. The van der Waals surface area contributed by atoms with Crippen LogP contribution in [0.3, 0.4) is 0 Å². The van der Waals surface area contributed by atoms with Crippen molar-refractivity contribution in [2.75, 3.05) is 0 Å². The molecule has 0 bridgehead atoms. The molecule has 0 unspecified atom stereocenters. The van der Waals surface area contributed by atoms with Gasteiger partial charge < -0.3 is 15.7 Å². The van der Waals surface area contributed by atoms with Crippen molar-refractivity contribution in [1.29, 1.82) is 0 Å². The molecule has 3 N–H and O–H groups in total. The lowest BCUT2D eigenvalue weighted by Gasteiger charge is -2.16. The van der Waals surface area contributed by atoms with E-state index in [0.29, 0.717) is 17.3 Å². The number of amides is 2. The molecule has 1 rings (SSSR count). The second-order valence-corrected chi connectivity index (χ2v) is 6.35. The smallest absolute Gasteiger partial charge is 0.326 e. The van der Waals surface area contributed by atoms with Crippen molar-refractivity contribution in [3.8, 4) is 0 Å². The predicted octanol–water partition coefficient (Wildman–Crippen LogP) is 2.70. The van der Waals surface area contributed by atoms with Gasteiger partial charge in [0.25, 0.3) is 0 Å². The monoisotopic (exact) mass is 304 g/mol. The van der Waals surface area contributed by atoms with Crippen molar-refractivity contribution in [3.05, 3.63) is 21.3 Å². The minimum atomic E-state index is -1.02. The second kappa shape index (κ2) is 7.35. The number of nitrogens with one attached hydrogen (secondary N) is 2. The average Bonchev–Trinajstić information content (AvgIpc) is 2.71. The Morgan fingerprint density at radius 1 is 1.42 bits per heavy atom. The molecule has 0 aliphatic rings. The first-order valence-corrected chi connectivity index (χ1v) is 7.09. The maximum Gasteiger partial charge on any atom is 0.326 e. The van der Waals surface area contributed by atoms with Crippen LogP contribution in [-0.4, -0.2) is 23.1 Å². The van der Waals surface area contributed by atoms with Crippen LogP contribution in [-0.2, 0) is 11.3 Å². The molecule has 5 nitrogen and oxygen atoms in total. The van der Waals surface area contributed by atoms with Gasteiger partial charge in [-0.2, -0.15) is 0 Å². The minimum absolute atomic E-state index is 0.192. The third-order valence-electron chi connectivity index (χ3n) is 2.36. The van der Waals surface area contributed by atoms with E-state index in [4.69, 9.17) is 16.7 Å². The van der Waals surface area contributed by atoms with E-state index in [-0.39, 0.29) is 5.92 Å². The molecule has 1 atom stereocenters. The van der Waals surface area contributed by atoms with Crippen LogP contribution in [0.15, 0.2) is 12.1 Å². The normalized spacial score (nSPS) is 12.2. The van der Waals surface area contributed by atoms with Gasteiger partial charge in [-0.15, -0.1) is 11.3 Å². The fraction of sp³-hybridized carbons (Fsp3) is 0.500. The minimum Gasteiger partial charge on any atom is -0.480 e. The lowest BCUT2D eigenvalue weighted by molar-refractivity contribution is -0.139. The van der Waals surface area contributed by atoms with Crippen LogP contribution in [0.5, 0.6) is 0 Å². The first kappa shape index (κ1) is 15.8.